The fraction of sp³-hybridized carbons (Fsp3) is 0.632. The zero-order valence-corrected chi connectivity index (χ0v) is 15.6. The lowest BCUT2D eigenvalue weighted by atomic mass is 9.89. The van der Waals surface area contributed by atoms with Gasteiger partial charge in [-0.3, -0.25) is 4.99 Å². The molecule has 0 saturated carbocycles. The number of hydrogen-bond donors (Lipinski definition) is 2. The Bertz CT molecular complexity index is 556. The predicted molar refractivity (Wildman–Crippen MR) is 101 cm³/mol. The topological polar surface area (TPSA) is 48.9 Å². The number of nitrogens with zero attached hydrogens (tertiary/aromatic N) is 2. The zero-order valence-electron chi connectivity index (χ0n) is 15.6. The molecule has 2 rings (SSSR count). The molecule has 1 aliphatic rings. The minimum atomic E-state index is -0.189. The molecule has 0 spiro atoms. The fourth-order valence-corrected chi connectivity index (χ4v) is 3.08. The lowest BCUT2D eigenvalue weighted by molar-refractivity contribution is -0.00254. The van der Waals surface area contributed by atoms with Crippen LogP contribution in [0.25, 0.3) is 0 Å². The number of nitrogens with one attached hydrogen (secondary N) is 2. The summed E-state index contributed by atoms with van der Waals surface area (Å²) in [5.41, 5.74) is 1.04. The van der Waals surface area contributed by atoms with Crippen molar-refractivity contribution in [2.24, 2.45) is 4.99 Å². The lowest BCUT2D eigenvalue weighted by Crippen LogP contribution is -2.51. The van der Waals surface area contributed by atoms with Crippen molar-refractivity contribution in [2.45, 2.75) is 31.7 Å². The third kappa shape index (κ3) is 5.97. The average Bonchev–Trinajstić information content (AvgIpc) is 2.60. The summed E-state index contributed by atoms with van der Waals surface area (Å²) in [4.78, 5) is 7.08. The summed E-state index contributed by atoms with van der Waals surface area (Å²) in [5, 5.41) is 6.64. The quantitative estimate of drug-likeness (QED) is 0.584. The van der Waals surface area contributed by atoms with Crippen molar-refractivity contribution in [1.82, 2.24) is 15.5 Å². The van der Waals surface area contributed by atoms with Gasteiger partial charge in [-0.15, -0.1) is 0 Å². The van der Waals surface area contributed by atoms with Crippen LogP contribution in [0.3, 0.4) is 0 Å². The van der Waals surface area contributed by atoms with Gasteiger partial charge in [-0.25, -0.2) is 4.39 Å². The van der Waals surface area contributed by atoms with Gasteiger partial charge in [0.2, 0.25) is 0 Å². The summed E-state index contributed by atoms with van der Waals surface area (Å²) in [6.07, 6.45) is 2.74. The van der Waals surface area contributed by atoms with Gasteiger partial charge in [0, 0.05) is 31.8 Å². The van der Waals surface area contributed by atoms with Crippen molar-refractivity contribution >= 4 is 5.96 Å². The Labute approximate surface area is 150 Å². The van der Waals surface area contributed by atoms with E-state index in [0.29, 0.717) is 6.54 Å². The van der Waals surface area contributed by atoms with Gasteiger partial charge in [0.15, 0.2) is 5.96 Å². The Balaban J connectivity index is 1.92. The van der Waals surface area contributed by atoms with E-state index in [1.54, 1.807) is 12.1 Å². The summed E-state index contributed by atoms with van der Waals surface area (Å²) >= 11 is 0. The highest BCUT2D eigenvalue weighted by Crippen LogP contribution is 2.26. The van der Waals surface area contributed by atoms with Gasteiger partial charge in [-0.05, 0) is 58.0 Å². The van der Waals surface area contributed by atoms with Gasteiger partial charge in [0.25, 0.3) is 0 Å². The second-order valence-electron chi connectivity index (χ2n) is 6.73. The molecule has 0 aromatic heterocycles. The Morgan fingerprint density at radius 3 is 2.68 bits per heavy atom. The number of rotatable bonds is 7. The predicted octanol–water partition coefficient (Wildman–Crippen LogP) is 2.03. The molecule has 2 N–H and O–H groups in total. The molecule has 140 valence electrons. The van der Waals surface area contributed by atoms with Crippen molar-refractivity contribution in [3.05, 3.63) is 35.6 Å². The Morgan fingerprint density at radius 2 is 2.04 bits per heavy atom. The van der Waals surface area contributed by atoms with Gasteiger partial charge in [-0.1, -0.05) is 12.1 Å². The van der Waals surface area contributed by atoms with Gasteiger partial charge in [0.05, 0.1) is 6.54 Å². The standard InChI is InChI=1S/C19H31FN4O/c1-4-21-18(22-11-8-16-6-5-7-17(20)14-16)23-15-19(24(2)3)9-12-25-13-10-19/h5-7,14H,4,8-13,15H2,1-3H3,(H2,21,22,23). The van der Waals surface area contributed by atoms with Crippen LogP contribution in [0.1, 0.15) is 25.3 Å². The number of aliphatic imine (C=N–C) groups is 1. The normalized spacial score (nSPS) is 17.6. The van der Waals surface area contributed by atoms with Gasteiger partial charge in [-0.2, -0.15) is 0 Å². The number of benzene rings is 1. The summed E-state index contributed by atoms with van der Waals surface area (Å²) in [5.74, 6) is 0.622. The maximum atomic E-state index is 13.2. The molecule has 0 amide bonds. The van der Waals surface area contributed by atoms with E-state index in [2.05, 4.69) is 36.6 Å². The van der Waals surface area contributed by atoms with E-state index >= 15 is 0 Å². The Kier molecular flexibility index (Phi) is 7.65. The first-order valence-electron chi connectivity index (χ1n) is 9.07. The molecule has 5 nitrogen and oxygen atoms in total. The molecule has 1 fully saturated rings. The highest BCUT2D eigenvalue weighted by Gasteiger charge is 2.34. The molecule has 0 unspecified atom stereocenters. The Hall–Kier alpha value is -1.66. The van der Waals surface area contributed by atoms with Crippen molar-refractivity contribution in [2.75, 3.05) is 46.9 Å². The van der Waals surface area contributed by atoms with Crippen LogP contribution in [0.2, 0.25) is 0 Å². The molecule has 6 heteroatoms. The number of guanidine groups is 1. The van der Waals surface area contributed by atoms with Crippen LogP contribution in [-0.4, -0.2) is 63.3 Å². The van der Waals surface area contributed by atoms with Gasteiger partial charge < -0.3 is 20.3 Å². The largest absolute Gasteiger partial charge is 0.381 e. The van der Waals surface area contributed by atoms with Crippen LogP contribution in [-0.2, 0) is 11.2 Å². The highest BCUT2D eigenvalue weighted by molar-refractivity contribution is 5.79. The van der Waals surface area contributed by atoms with Crippen molar-refractivity contribution in [3.8, 4) is 0 Å². The third-order valence-electron chi connectivity index (χ3n) is 4.84. The van der Waals surface area contributed by atoms with Crippen molar-refractivity contribution < 1.29 is 9.13 Å². The monoisotopic (exact) mass is 350 g/mol. The van der Waals surface area contributed by atoms with E-state index < -0.39 is 0 Å². The van der Waals surface area contributed by atoms with E-state index in [9.17, 15) is 4.39 Å². The molecular weight excluding hydrogens is 319 g/mol. The zero-order chi connectivity index (χ0) is 18.1. The van der Waals surface area contributed by atoms with E-state index in [1.165, 1.54) is 6.07 Å². The summed E-state index contributed by atoms with van der Waals surface area (Å²) in [6, 6.07) is 6.74. The average molecular weight is 350 g/mol. The number of ether oxygens (including phenoxy) is 1. The molecule has 1 aromatic carbocycles. The molecule has 0 bridgehead atoms. The molecule has 1 aliphatic heterocycles. The van der Waals surface area contributed by atoms with Crippen molar-refractivity contribution in [3.63, 3.8) is 0 Å². The van der Waals surface area contributed by atoms with Crippen molar-refractivity contribution in [1.29, 1.82) is 0 Å². The lowest BCUT2D eigenvalue weighted by Gasteiger charge is -2.41. The number of hydrogen-bond acceptors (Lipinski definition) is 3. The molecule has 1 aromatic rings. The van der Waals surface area contributed by atoms with Crippen LogP contribution in [0, 0.1) is 5.82 Å². The maximum Gasteiger partial charge on any atom is 0.191 e. The van der Waals surface area contributed by atoms with E-state index in [4.69, 9.17) is 9.73 Å². The first kappa shape index (κ1) is 19.7. The summed E-state index contributed by atoms with van der Waals surface area (Å²) in [7, 11) is 4.23. The minimum Gasteiger partial charge on any atom is -0.381 e. The second-order valence-corrected chi connectivity index (χ2v) is 6.73. The summed E-state index contributed by atoms with van der Waals surface area (Å²) in [6.45, 7) is 5.89. The minimum absolute atomic E-state index is 0.0587. The second kappa shape index (κ2) is 9.73. The van der Waals surface area contributed by atoms with Gasteiger partial charge >= 0.3 is 0 Å². The molecule has 1 saturated heterocycles. The van der Waals surface area contributed by atoms with Crippen LogP contribution < -0.4 is 10.6 Å². The van der Waals surface area contributed by atoms with Crippen LogP contribution in [0.4, 0.5) is 4.39 Å². The molecule has 0 aliphatic carbocycles. The molecule has 25 heavy (non-hydrogen) atoms. The SMILES string of the molecule is CCNC(=NCC1(N(C)C)CCOCC1)NCCc1cccc(F)c1. The van der Waals surface area contributed by atoms with Crippen LogP contribution >= 0.6 is 0 Å². The smallest absolute Gasteiger partial charge is 0.191 e. The van der Waals surface area contributed by atoms with Crippen LogP contribution in [0.15, 0.2) is 29.3 Å². The van der Waals surface area contributed by atoms with E-state index in [1.807, 2.05) is 6.07 Å². The van der Waals surface area contributed by atoms with E-state index in [0.717, 1.165) is 57.1 Å². The highest BCUT2D eigenvalue weighted by atomic mass is 19.1. The molecule has 0 atom stereocenters. The first-order chi connectivity index (χ1) is 12.1. The Morgan fingerprint density at radius 1 is 1.28 bits per heavy atom. The van der Waals surface area contributed by atoms with E-state index in [-0.39, 0.29) is 11.4 Å². The van der Waals surface area contributed by atoms with Gasteiger partial charge in [0.1, 0.15) is 5.82 Å². The molecular formula is C19H31FN4O. The third-order valence-corrected chi connectivity index (χ3v) is 4.84. The fourth-order valence-electron chi connectivity index (χ4n) is 3.08. The number of halogens is 1. The molecule has 1 heterocycles. The first-order valence-corrected chi connectivity index (χ1v) is 9.07. The molecule has 0 radical (unpaired) electrons. The number of likely N-dealkylation sites (N-methyl/N-ethyl adjacent to an activating group) is 1. The summed E-state index contributed by atoms with van der Waals surface area (Å²) < 4.78 is 18.8. The van der Waals surface area contributed by atoms with Crippen LogP contribution in [0.5, 0.6) is 0 Å². The maximum absolute atomic E-state index is 13.2.